The number of likely N-dealkylation sites (N-methyl/N-ethyl adjacent to an activating group) is 1. The molecule has 1 fully saturated rings. The number of hydrogen-bond donors (Lipinski definition) is 1. The highest BCUT2D eigenvalue weighted by molar-refractivity contribution is 5.82. The fourth-order valence-corrected chi connectivity index (χ4v) is 3.52. The Balaban J connectivity index is 2.72. The summed E-state index contributed by atoms with van der Waals surface area (Å²) in [6, 6.07) is 0.210. The number of nitrogens with one attached hydrogen (secondary N) is 1. The van der Waals surface area contributed by atoms with Gasteiger partial charge < -0.3 is 19.7 Å². The van der Waals surface area contributed by atoms with Gasteiger partial charge in [-0.25, -0.2) is 0 Å². The topological polar surface area (TPSA) is 50.8 Å². The largest absolute Gasteiger partial charge is 0.378 e. The van der Waals surface area contributed by atoms with Crippen LogP contribution in [0.5, 0.6) is 0 Å². The summed E-state index contributed by atoms with van der Waals surface area (Å²) in [5, 5.41) is 3.37. The van der Waals surface area contributed by atoms with Gasteiger partial charge in [0.2, 0.25) is 5.91 Å². The summed E-state index contributed by atoms with van der Waals surface area (Å²) in [5.41, 5.74) is -0.442. The van der Waals surface area contributed by atoms with Gasteiger partial charge in [0.05, 0.1) is 25.9 Å². The number of ether oxygens (including phenoxy) is 2. The molecule has 5 heteroatoms. The molecule has 0 bridgehead atoms. The zero-order chi connectivity index (χ0) is 17.7. The minimum Gasteiger partial charge on any atom is -0.378 e. The van der Waals surface area contributed by atoms with E-state index in [1.54, 1.807) is 0 Å². The molecule has 0 aliphatic carbocycles. The van der Waals surface area contributed by atoms with Crippen molar-refractivity contribution in [1.82, 2.24) is 10.2 Å². The van der Waals surface area contributed by atoms with Crippen molar-refractivity contribution in [1.29, 1.82) is 0 Å². The Hall–Kier alpha value is -0.650. The van der Waals surface area contributed by atoms with Crippen molar-refractivity contribution < 1.29 is 14.3 Å². The van der Waals surface area contributed by atoms with Crippen molar-refractivity contribution in [3.63, 3.8) is 0 Å². The second-order valence-electron chi connectivity index (χ2n) is 8.18. The minimum atomic E-state index is -0.395. The second kappa shape index (κ2) is 8.45. The third-order valence-corrected chi connectivity index (χ3v) is 4.66. The van der Waals surface area contributed by atoms with Crippen molar-refractivity contribution in [3.05, 3.63) is 0 Å². The van der Waals surface area contributed by atoms with Gasteiger partial charge in [0.25, 0.3) is 0 Å². The maximum atomic E-state index is 12.9. The predicted octanol–water partition coefficient (Wildman–Crippen LogP) is 2.30. The Morgan fingerprint density at radius 2 is 1.78 bits per heavy atom. The number of amides is 1. The Bertz CT molecular complexity index is 374. The van der Waals surface area contributed by atoms with Gasteiger partial charge in [-0.1, -0.05) is 27.7 Å². The SMILES string of the molecule is CNC(COC(C)C)C(C)(C)CC(C)(C)C(=O)N1CCOCC1. The van der Waals surface area contributed by atoms with Crippen LogP contribution in [0.15, 0.2) is 0 Å². The first kappa shape index (κ1) is 20.4. The Labute approximate surface area is 142 Å². The highest BCUT2D eigenvalue weighted by atomic mass is 16.5. The summed E-state index contributed by atoms with van der Waals surface area (Å²) >= 11 is 0. The lowest BCUT2D eigenvalue weighted by atomic mass is 9.70. The molecule has 1 N–H and O–H groups in total. The quantitative estimate of drug-likeness (QED) is 0.743. The molecule has 136 valence electrons. The van der Waals surface area contributed by atoms with Crippen LogP contribution in [0.2, 0.25) is 0 Å². The maximum absolute atomic E-state index is 12.9. The van der Waals surface area contributed by atoms with E-state index in [0.717, 1.165) is 6.42 Å². The van der Waals surface area contributed by atoms with E-state index < -0.39 is 5.41 Å². The fraction of sp³-hybridized carbons (Fsp3) is 0.944. The van der Waals surface area contributed by atoms with E-state index in [9.17, 15) is 4.79 Å². The van der Waals surface area contributed by atoms with Crippen LogP contribution in [0.25, 0.3) is 0 Å². The van der Waals surface area contributed by atoms with Crippen LogP contribution in [-0.2, 0) is 14.3 Å². The predicted molar refractivity (Wildman–Crippen MR) is 93.5 cm³/mol. The van der Waals surface area contributed by atoms with Crippen LogP contribution < -0.4 is 5.32 Å². The number of morpholine rings is 1. The van der Waals surface area contributed by atoms with Gasteiger partial charge in [0.1, 0.15) is 0 Å². The van der Waals surface area contributed by atoms with Crippen LogP contribution in [0.3, 0.4) is 0 Å². The Kier molecular flexibility index (Phi) is 7.49. The molecule has 1 rings (SSSR count). The van der Waals surface area contributed by atoms with Gasteiger partial charge >= 0.3 is 0 Å². The van der Waals surface area contributed by atoms with Crippen LogP contribution in [0.1, 0.15) is 48.0 Å². The van der Waals surface area contributed by atoms with Crippen molar-refractivity contribution in [2.24, 2.45) is 10.8 Å². The lowest BCUT2D eigenvalue weighted by Crippen LogP contribution is -2.51. The van der Waals surface area contributed by atoms with Crippen LogP contribution in [0, 0.1) is 10.8 Å². The van der Waals surface area contributed by atoms with Gasteiger partial charge in [-0.15, -0.1) is 0 Å². The zero-order valence-electron chi connectivity index (χ0n) is 16.1. The molecule has 0 saturated carbocycles. The third-order valence-electron chi connectivity index (χ3n) is 4.66. The van der Waals surface area contributed by atoms with E-state index >= 15 is 0 Å². The first-order valence-corrected chi connectivity index (χ1v) is 8.76. The zero-order valence-corrected chi connectivity index (χ0v) is 16.1. The number of carbonyl (C=O) groups is 1. The molecule has 23 heavy (non-hydrogen) atoms. The van der Waals surface area contributed by atoms with E-state index in [1.165, 1.54) is 0 Å². The number of nitrogens with zero attached hydrogens (tertiary/aromatic N) is 1. The van der Waals surface area contributed by atoms with Crippen LogP contribution in [-0.4, -0.2) is 62.9 Å². The summed E-state index contributed by atoms with van der Waals surface area (Å²) in [4.78, 5) is 14.8. The Morgan fingerprint density at radius 3 is 2.26 bits per heavy atom. The molecule has 1 aliphatic heterocycles. The molecular weight excluding hydrogens is 292 g/mol. The summed E-state index contributed by atoms with van der Waals surface area (Å²) in [5.74, 6) is 0.230. The summed E-state index contributed by atoms with van der Waals surface area (Å²) < 4.78 is 11.2. The standard InChI is InChI=1S/C18H36N2O3/c1-14(2)23-12-15(19-7)17(3,4)13-18(5,6)16(21)20-8-10-22-11-9-20/h14-15,19H,8-13H2,1-7H3. The van der Waals surface area contributed by atoms with Crippen molar-refractivity contribution in [2.75, 3.05) is 40.0 Å². The average Bonchev–Trinajstić information content (AvgIpc) is 2.46. The van der Waals surface area contributed by atoms with Crippen molar-refractivity contribution in [3.8, 4) is 0 Å². The molecule has 5 nitrogen and oxygen atoms in total. The first-order valence-electron chi connectivity index (χ1n) is 8.76. The van der Waals surface area contributed by atoms with Crippen LogP contribution in [0.4, 0.5) is 0 Å². The lowest BCUT2D eigenvalue weighted by Gasteiger charge is -2.42. The highest BCUT2D eigenvalue weighted by Crippen LogP contribution is 2.38. The summed E-state index contributed by atoms with van der Waals surface area (Å²) in [6.07, 6.45) is 1.02. The summed E-state index contributed by atoms with van der Waals surface area (Å²) in [6.45, 7) is 16.0. The minimum absolute atomic E-state index is 0.0465. The molecular formula is C18H36N2O3. The van der Waals surface area contributed by atoms with Gasteiger partial charge in [0, 0.05) is 24.5 Å². The Morgan fingerprint density at radius 1 is 1.22 bits per heavy atom. The van der Waals surface area contributed by atoms with Crippen molar-refractivity contribution in [2.45, 2.75) is 60.1 Å². The average molecular weight is 328 g/mol. The van der Waals surface area contributed by atoms with E-state index in [4.69, 9.17) is 9.47 Å². The molecule has 0 radical (unpaired) electrons. The lowest BCUT2D eigenvalue weighted by molar-refractivity contribution is -0.146. The second-order valence-corrected chi connectivity index (χ2v) is 8.18. The molecule has 0 aromatic carbocycles. The molecule has 1 heterocycles. The highest BCUT2D eigenvalue weighted by Gasteiger charge is 2.40. The number of rotatable bonds is 8. The first-order chi connectivity index (χ1) is 10.6. The smallest absolute Gasteiger partial charge is 0.228 e. The molecule has 1 saturated heterocycles. The maximum Gasteiger partial charge on any atom is 0.228 e. The van der Waals surface area contributed by atoms with Crippen LogP contribution >= 0.6 is 0 Å². The summed E-state index contributed by atoms with van der Waals surface area (Å²) in [7, 11) is 1.97. The molecule has 1 atom stereocenters. The van der Waals surface area contributed by atoms with E-state index in [2.05, 4.69) is 33.0 Å². The molecule has 0 spiro atoms. The van der Waals surface area contributed by atoms with Gasteiger partial charge in [-0.05, 0) is 32.7 Å². The van der Waals surface area contributed by atoms with E-state index in [0.29, 0.717) is 32.9 Å². The molecule has 0 aromatic rings. The molecule has 1 aliphatic rings. The fourth-order valence-electron chi connectivity index (χ4n) is 3.52. The van der Waals surface area contributed by atoms with Gasteiger partial charge in [-0.3, -0.25) is 4.79 Å². The normalized spacial score (nSPS) is 18.3. The van der Waals surface area contributed by atoms with Gasteiger partial charge in [-0.2, -0.15) is 0 Å². The van der Waals surface area contributed by atoms with E-state index in [-0.39, 0.29) is 23.5 Å². The van der Waals surface area contributed by atoms with E-state index in [1.807, 2.05) is 25.8 Å². The molecule has 1 amide bonds. The number of carbonyl (C=O) groups excluding carboxylic acids is 1. The van der Waals surface area contributed by atoms with Gasteiger partial charge in [0.15, 0.2) is 0 Å². The van der Waals surface area contributed by atoms with Crippen molar-refractivity contribution >= 4 is 5.91 Å². The monoisotopic (exact) mass is 328 g/mol. The number of hydrogen-bond acceptors (Lipinski definition) is 4. The molecule has 0 aromatic heterocycles. The molecule has 1 unspecified atom stereocenters. The third kappa shape index (κ3) is 6.05.